The normalized spacial score (nSPS) is 15.4. The molecule has 2 aromatic rings. The summed E-state index contributed by atoms with van der Waals surface area (Å²) < 4.78 is 5.70. The molecular weight excluding hydrogens is 411 g/mol. The number of carbonyl (C=O) groups is 2. The number of Topliss-reactive ketones (excluding diaryl/α,β-unsaturated/α-hetero) is 1. The molecule has 5 nitrogen and oxygen atoms in total. The first-order chi connectivity index (χ1) is 13.9. The summed E-state index contributed by atoms with van der Waals surface area (Å²) in [7, 11) is 0. The highest BCUT2D eigenvalue weighted by atomic mass is 35.5. The number of ether oxygens (including phenoxy) is 1. The Morgan fingerprint density at radius 3 is 2.34 bits per heavy atom. The largest absolute Gasteiger partial charge is 0.481 e. The van der Waals surface area contributed by atoms with Gasteiger partial charge in [-0.05, 0) is 62.2 Å². The maximum atomic E-state index is 12.7. The highest BCUT2D eigenvalue weighted by molar-refractivity contribution is 6.42. The average Bonchev–Trinajstić information content (AvgIpc) is 2.75. The van der Waals surface area contributed by atoms with E-state index < -0.39 is 6.10 Å². The Morgan fingerprint density at radius 2 is 1.76 bits per heavy atom. The highest BCUT2D eigenvalue weighted by Crippen LogP contribution is 2.27. The first kappa shape index (κ1) is 21.2. The highest BCUT2D eigenvalue weighted by Gasteiger charge is 2.30. The van der Waals surface area contributed by atoms with Gasteiger partial charge in [0.05, 0.1) is 21.7 Å². The van der Waals surface area contributed by atoms with Gasteiger partial charge in [0, 0.05) is 24.6 Å². The van der Waals surface area contributed by atoms with Crippen molar-refractivity contribution >= 4 is 34.9 Å². The van der Waals surface area contributed by atoms with Gasteiger partial charge in [-0.3, -0.25) is 9.59 Å². The Bertz CT molecular complexity index is 946. The molecule has 1 unspecified atom stereocenters. The molecule has 1 fully saturated rings. The molecule has 0 bridgehead atoms. The fourth-order valence-corrected chi connectivity index (χ4v) is 3.66. The lowest BCUT2D eigenvalue weighted by Gasteiger charge is -2.33. The van der Waals surface area contributed by atoms with Gasteiger partial charge < -0.3 is 9.64 Å². The number of rotatable bonds is 5. The molecule has 0 radical (unpaired) electrons. The summed E-state index contributed by atoms with van der Waals surface area (Å²) in [5.41, 5.74) is 1.08. The zero-order chi connectivity index (χ0) is 21.0. The monoisotopic (exact) mass is 430 g/mol. The molecule has 29 heavy (non-hydrogen) atoms. The predicted molar refractivity (Wildman–Crippen MR) is 111 cm³/mol. The van der Waals surface area contributed by atoms with Crippen molar-refractivity contribution in [2.45, 2.75) is 25.9 Å². The van der Waals surface area contributed by atoms with Crippen LogP contribution >= 0.6 is 23.2 Å². The summed E-state index contributed by atoms with van der Waals surface area (Å²) in [6, 6.07) is 13.6. The van der Waals surface area contributed by atoms with Crippen LogP contribution in [0.4, 0.5) is 0 Å². The van der Waals surface area contributed by atoms with Gasteiger partial charge in [-0.25, -0.2) is 0 Å². The quantitative estimate of drug-likeness (QED) is 0.641. The predicted octanol–water partition coefficient (Wildman–Crippen LogP) is 4.75. The summed E-state index contributed by atoms with van der Waals surface area (Å²) in [6.07, 6.45) is 0.535. The third-order valence-electron chi connectivity index (χ3n) is 5.03. The van der Waals surface area contributed by atoms with E-state index in [4.69, 9.17) is 33.2 Å². The second kappa shape index (κ2) is 9.30. The van der Waals surface area contributed by atoms with Gasteiger partial charge in [-0.15, -0.1) is 0 Å². The Morgan fingerprint density at radius 1 is 1.10 bits per heavy atom. The minimum atomic E-state index is -0.648. The molecule has 0 N–H and O–H groups in total. The van der Waals surface area contributed by atoms with Gasteiger partial charge in [0.2, 0.25) is 0 Å². The van der Waals surface area contributed by atoms with Crippen molar-refractivity contribution in [3.63, 3.8) is 0 Å². The van der Waals surface area contributed by atoms with Gasteiger partial charge in [-0.2, -0.15) is 5.26 Å². The first-order valence-corrected chi connectivity index (χ1v) is 10.1. The van der Waals surface area contributed by atoms with Crippen LogP contribution in [0.15, 0.2) is 42.5 Å². The Kier molecular flexibility index (Phi) is 6.79. The van der Waals surface area contributed by atoms with Gasteiger partial charge >= 0.3 is 0 Å². The molecule has 1 atom stereocenters. The summed E-state index contributed by atoms with van der Waals surface area (Å²) in [5.74, 6) is 0.299. The number of benzene rings is 2. The van der Waals surface area contributed by atoms with Crippen LogP contribution in [0.1, 0.15) is 35.7 Å². The van der Waals surface area contributed by atoms with E-state index in [1.165, 1.54) is 0 Å². The first-order valence-electron chi connectivity index (χ1n) is 9.34. The fourth-order valence-electron chi connectivity index (χ4n) is 3.37. The molecule has 1 amide bonds. The van der Waals surface area contributed by atoms with Crippen LogP contribution < -0.4 is 4.74 Å². The zero-order valence-corrected chi connectivity index (χ0v) is 17.4. The van der Waals surface area contributed by atoms with Crippen LogP contribution in [0.2, 0.25) is 10.0 Å². The zero-order valence-electron chi connectivity index (χ0n) is 15.9. The third-order valence-corrected chi connectivity index (χ3v) is 5.76. The number of nitriles is 1. The van der Waals surface area contributed by atoms with E-state index in [2.05, 4.69) is 0 Å². The smallest absolute Gasteiger partial charge is 0.263 e. The molecule has 0 aliphatic carbocycles. The Balaban J connectivity index is 1.55. The van der Waals surface area contributed by atoms with Crippen molar-refractivity contribution in [1.29, 1.82) is 5.26 Å². The maximum absolute atomic E-state index is 12.7. The minimum absolute atomic E-state index is 0.0255. The van der Waals surface area contributed by atoms with E-state index in [1.807, 2.05) is 6.07 Å². The van der Waals surface area contributed by atoms with Crippen molar-refractivity contribution in [2.75, 3.05) is 13.1 Å². The number of hydrogen-bond acceptors (Lipinski definition) is 4. The number of amides is 1. The average molecular weight is 431 g/mol. The summed E-state index contributed by atoms with van der Waals surface area (Å²) >= 11 is 11.9. The van der Waals surface area contributed by atoms with E-state index >= 15 is 0 Å². The maximum Gasteiger partial charge on any atom is 0.263 e. The van der Waals surface area contributed by atoms with E-state index in [1.54, 1.807) is 54.3 Å². The summed E-state index contributed by atoms with van der Waals surface area (Å²) in [6.45, 7) is 2.70. The van der Waals surface area contributed by atoms with E-state index in [9.17, 15) is 9.59 Å². The molecule has 3 rings (SSSR count). The van der Waals surface area contributed by atoms with Crippen LogP contribution in [0, 0.1) is 17.2 Å². The van der Waals surface area contributed by atoms with Crippen molar-refractivity contribution in [3.8, 4) is 11.8 Å². The third kappa shape index (κ3) is 5.09. The Hall–Kier alpha value is -2.55. The number of likely N-dealkylation sites (tertiary alicyclic amines) is 1. The number of halogens is 2. The van der Waals surface area contributed by atoms with Crippen LogP contribution in [-0.4, -0.2) is 35.8 Å². The van der Waals surface area contributed by atoms with Crippen LogP contribution in [-0.2, 0) is 4.79 Å². The summed E-state index contributed by atoms with van der Waals surface area (Å²) in [4.78, 5) is 27.1. The molecule has 1 aliphatic rings. The molecule has 7 heteroatoms. The van der Waals surface area contributed by atoms with Gasteiger partial charge in [-0.1, -0.05) is 23.2 Å². The molecular formula is C22H20Cl2N2O3. The van der Waals surface area contributed by atoms with Crippen LogP contribution in [0.3, 0.4) is 0 Å². The van der Waals surface area contributed by atoms with Crippen LogP contribution in [0.25, 0.3) is 0 Å². The van der Waals surface area contributed by atoms with E-state index in [-0.39, 0.29) is 17.6 Å². The van der Waals surface area contributed by atoms with Crippen LogP contribution in [0.5, 0.6) is 5.75 Å². The number of hydrogen-bond donors (Lipinski definition) is 0. The van der Waals surface area contributed by atoms with E-state index in [0.717, 1.165) is 0 Å². The summed E-state index contributed by atoms with van der Waals surface area (Å²) in [5, 5.41) is 9.62. The lowest BCUT2D eigenvalue weighted by Crippen LogP contribution is -2.45. The van der Waals surface area contributed by atoms with Crippen molar-refractivity contribution < 1.29 is 14.3 Å². The molecule has 1 heterocycles. The van der Waals surface area contributed by atoms with E-state index in [0.29, 0.717) is 52.9 Å². The molecule has 0 spiro atoms. The number of ketones is 1. The van der Waals surface area contributed by atoms with Crippen molar-refractivity contribution in [2.24, 2.45) is 5.92 Å². The molecule has 0 saturated carbocycles. The van der Waals surface area contributed by atoms with Crippen molar-refractivity contribution in [3.05, 3.63) is 63.6 Å². The molecule has 0 aromatic heterocycles. The molecule has 2 aromatic carbocycles. The lowest BCUT2D eigenvalue weighted by molar-refractivity contribution is -0.139. The number of nitrogens with zero attached hydrogens (tertiary/aromatic N) is 2. The molecule has 150 valence electrons. The second-order valence-electron chi connectivity index (χ2n) is 6.99. The topological polar surface area (TPSA) is 70.4 Å². The minimum Gasteiger partial charge on any atom is -0.481 e. The van der Waals surface area contributed by atoms with Crippen molar-refractivity contribution in [1.82, 2.24) is 4.90 Å². The second-order valence-corrected chi connectivity index (χ2v) is 7.80. The fraction of sp³-hybridized carbons (Fsp3) is 0.318. The number of carbonyl (C=O) groups excluding carboxylic acids is 2. The SMILES string of the molecule is CC(Oc1ccc(C#N)cc1)C(=O)N1CCC(C(=O)c2ccc(Cl)c(Cl)c2)CC1. The molecule has 1 saturated heterocycles. The van der Waals surface area contributed by atoms with Gasteiger partial charge in [0.25, 0.3) is 5.91 Å². The molecule has 1 aliphatic heterocycles. The standard InChI is InChI=1S/C22H20Cl2N2O3/c1-14(29-18-5-2-15(13-25)3-6-18)22(28)26-10-8-16(9-11-26)21(27)17-4-7-19(23)20(24)12-17/h2-7,12,14,16H,8-11H2,1H3. The Labute approximate surface area is 179 Å². The van der Waals surface area contributed by atoms with Gasteiger partial charge in [0.15, 0.2) is 11.9 Å². The lowest BCUT2D eigenvalue weighted by atomic mass is 9.89. The van der Waals surface area contributed by atoms with Gasteiger partial charge in [0.1, 0.15) is 5.75 Å². The number of piperidine rings is 1.